The van der Waals surface area contributed by atoms with Crippen LogP contribution in [0.15, 0.2) is 6.07 Å². The highest BCUT2D eigenvalue weighted by molar-refractivity contribution is 6.17. The molecule has 0 saturated heterocycles. The third-order valence-corrected chi connectivity index (χ3v) is 2.21. The first-order chi connectivity index (χ1) is 8.01. The van der Waals surface area contributed by atoms with Gasteiger partial charge in [0.25, 0.3) is 6.43 Å². The third kappa shape index (κ3) is 3.09. The molecule has 0 fully saturated rings. The van der Waals surface area contributed by atoms with Gasteiger partial charge in [-0.1, -0.05) is 0 Å². The zero-order valence-electron chi connectivity index (χ0n) is 8.84. The number of alkyl halides is 3. The fourth-order valence-corrected chi connectivity index (χ4v) is 1.43. The lowest BCUT2D eigenvalue weighted by Crippen LogP contribution is -2.13. The second-order valence-electron chi connectivity index (χ2n) is 3.03. The van der Waals surface area contributed by atoms with Gasteiger partial charge < -0.3 is 4.74 Å². The maximum absolute atomic E-state index is 13.4. The van der Waals surface area contributed by atoms with Crippen LogP contribution < -0.4 is 0 Å². The van der Waals surface area contributed by atoms with Crippen LogP contribution in [0.4, 0.5) is 13.2 Å². The third-order valence-electron chi connectivity index (χ3n) is 1.92. The molecule has 0 aliphatic heterocycles. The molecule has 0 N–H and O–H groups in total. The SMILES string of the molecule is CCOC(=O)c1c(CCl)cc(C(F)F)nc1F. The Bertz CT molecular complexity index is 426. The van der Waals surface area contributed by atoms with Crippen molar-refractivity contribution in [2.45, 2.75) is 19.2 Å². The van der Waals surface area contributed by atoms with Crippen molar-refractivity contribution in [2.24, 2.45) is 0 Å². The average molecular weight is 268 g/mol. The lowest BCUT2D eigenvalue weighted by atomic mass is 10.1. The number of hydrogen-bond donors (Lipinski definition) is 0. The van der Waals surface area contributed by atoms with E-state index in [4.69, 9.17) is 11.6 Å². The summed E-state index contributed by atoms with van der Waals surface area (Å²) in [6, 6.07) is 0.896. The summed E-state index contributed by atoms with van der Waals surface area (Å²) in [6.07, 6.45) is -2.93. The summed E-state index contributed by atoms with van der Waals surface area (Å²) in [7, 11) is 0. The fourth-order valence-electron chi connectivity index (χ4n) is 1.22. The van der Waals surface area contributed by atoms with Crippen LogP contribution in [0.2, 0.25) is 0 Å². The summed E-state index contributed by atoms with van der Waals surface area (Å²) in [6.45, 7) is 1.58. The number of halogens is 4. The molecule has 94 valence electrons. The monoisotopic (exact) mass is 267 g/mol. The number of hydrogen-bond acceptors (Lipinski definition) is 3. The second-order valence-corrected chi connectivity index (χ2v) is 3.29. The number of nitrogens with zero attached hydrogens (tertiary/aromatic N) is 1. The standard InChI is InChI=1S/C10H9ClF3NO2/c1-2-17-10(16)7-5(4-11)3-6(8(12)13)15-9(7)14/h3,8H,2,4H2,1H3. The van der Waals surface area contributed by atoms with E-state index in [1.165, 1.54) is 6.92 Å². The molecule has 0 bridgehead atoms. The lowest BCUT2D eigenvalue weighted by Gasteiger charge is -2.09. The minimum absolute atomic E-state index is 0.0383. The Balaban J connectivity index is 3.25. The highest BCUT2D eigenvalue weighted by Crippen LogP contribution is 2.23. The maximum atomic E-state index is 13.4. The van der Waals surface area contributed by atoms with Crippen molar-refractivity contribution in [3.63, 3.8) is 0 Å². The Hall–Kier alpha value is -1.30. The summed E-state index contributed by atoms with van der Waals surface area (Å²) in [4.78, 5) is 14.4. The first kappa shape index (κ1) is 13.8. The number of pyridine rings is 1. The zero-order chi connectivity index (χ0) is 13.0. The molecule has 0 amide bonds. The molecule has 1 rings (SSSR count). The van der Waals surface area contributed by atoms with E-state index in [9.17, 15) is 18.0 Å². The maximum Gasteiger partial charge on any atom is 0.343 e. The van der Waals surface area contributed by atoms with Gasteiger partial charge >= 0.3 is 5.97 Å². The van der Waals surface area contributed by atoms with Gasteiger partial charge in [-0.3, -0.25) is 0 Å². The molecule has 0 unspecified atom stereocenters. The van der Waals surface area contributed by atoms with Gasteiger partial charge in [-0.05, 0) is 18.6 Å². The molecule has 1 heterocycles. The molecular formula is C10H9ClF3NO2. The Morgan fingerprint density at radius 3 is 2.71 bits per heavy atom. The first-order valence-electron chi connectivity index (χ1n) is 4.71. The van der Waals surface area contributed by atoms with E-state index in [-0.39, 0.29) is 18.1 Å². The number of ether oxygens (including phenoxy) is 1. The van der Waals surface area contributed by atoms with Gasteiger partial charge in [-0.25, -0.2) is 18.6 Å². The Morgan fingerprint density at radius 2 is 2.24 bits per heavy atom. The van der Waals surface area contributed by atoms with Crippen molar-refractivity contribution < 1.29 is 22.7 Å². The average Bonchev–Trinajstić information content (AvgIpc) is 2.27. The largest absolute Gasteiger partial charge is 0.462 e. The molecular weight excluding hydrogens is 259 g/mol. The highest BCUT2D eigenvalue weighted by atomic mass is 35.5. The van der Waals surface area contributed by atoms with E-state index in [0.29, 0.717) is 0 Å². The molecule has 0 radical (unpaired) electrons. The van der Waals surface area contributed by atoms with Crippen molar-refractivity contribution in [1.82, 2.24) is 4.98 Å². The molecule has 1 aromatic heterocycles. The summed E-state index contributed by atoms with van der Waals surface area (Å²) < 4.78 is 42.7. The van der Waals surface area contributed by atoms with Crippen LogP contribution in [0, 0.1) is 5.95 Å². The van der Waals surface area contributed by atoms with Crippen LogP contribution in [0.1, 0.15) is 35.0 Å². The Labute approximate surface area is 101 Å². The molecule has 0 aliphatic rings. The van der Waals surface area contributed by atoms with Gasteiger partial charge in [0.2, 0.25) is 5.95 Å². The van der Waals surface area contributed by atoms with Crippen molar-refractivity contribution in [1.29, 1.82) is 0 Å². The van der Waals surface area contributed by atoms with Crippen LogP contribution in [-0.4, -0.2) is 17.6 Å². The van der Waals surface area contributed by atoms with E-state index >= 15 is 0 Å². The fraction of sp³-hybridized carbons (Fsp3) is 0.400. The van der Waals surface area contributed by atoms with Gasteiger partial charge in [0.1, 0.15) is 11.3 Å². The quantitative estimate of drug-likeness (QED) is 0.478. The summed E-state index contributed by atoms with van der Waals surface area (Å²) in [5.74, 6) is -2.54. The predicted octanol–water partition coefficient (Wildman–Crippen LogP) is 3.07. The first-order valence-corrected chi connectivity index (χ1v) is 5.25. The number of carbonyl (C=O) groups is 1. The number of aromatic nitrogens is 1. The van der Waals surface area contributed by atoms with Gasteiger partial charge in [-0.2, -0.15) is 4.39 Å². The lowest BCUT2D eigenvalue weighted by molar-refractivity contribution is 0.0517. The summed E-state index contributed by atoms with van der Waals surface area (Å²) in [5, 5.41) is 0. The number of esters is 1. The Morgan fingerprint density at radius 1 is 1.59 bits per heavy atom. The topological polar surface area (TPSA) is 39.2 Å². The number of carbonyl (C=O) groups excluding carboxylic acids is 1. The molecule has 0 atom stereocenters. The van der Waals surface area contributed by atoms with Gasteiger partial charge in [0.15, 0.2) is 0 Å². The smallest absolute Gasteiger partial charge is 0.343 e. The second kappa shape index (κ2) is 5.86. The molecule has 1 aromatic rings. The van der Waals surface area contributed by atoms with Crippen molar-refractivity contribution in [3.05, 3.63) is 28.8 Å². The van der Waals surface area contributed by atoms with Crippen LogP contribution in [-0.2, 0) is 10.6 Å². The minimum Gasteiger partial charge on any atom is -0.462 e. The minimum atomic E-state index is -2.93. The number of rotatable bonds is 4. The molecule has 0 saturated carbocycles. The predicted molar refractivity (Wildman–Crippen MR) is 54.7 cm³/mol. The van der Waals surface area contributed by atoms with Crippen LogP contribution in [0.5, 0.6) is 0 Å². The van der Waals surface area contributed by atoms with Crippen molar-refractivity contribution >= 4 is 17.6 Å². The van der Waals surface area contributed by atoms with Crippen LogP contribution >= 0.6 is 11.6 Å². The van der Waals surface area contributed by atoms with E-state index in [2.05, 4.69) is 9.72 Å². The molecule has 3 nitrogen and oxygen atoms in total. The van der Waals surface area contributed by atoms with Crippen LogP contribution in [0.25, 0.3) is 0 Å². The van der Waals surface area contributed by atoms with Gasteiger partial charge in [0.05, 0.1) is 6.61 Å². The summed E-state index contributed by atoms with van der Waals surface area (Å²) >= 11 is 5.48. The molecule has 0 aromatic carbocycles. The van der Waals surface area contributed by atoms with E-state index in [0.717, 1.165) is 6.07 Å². The normalized spacial score (nSPS) is 10.7. The van der Waals surface area contributed by atoms with E-state index in [1.54, 1.807) is 0 Å². The molecule has 0 aliphatic carbocycles. The Kier molecular flexibility index (Phi) is 4.74. The van der Waals surface area contributed by atoms with Crippen molar-refractivity contribution in [2.75, 3.05) is 6.61 Å². The molecule has 17 heavy (non-hydrogen) atoms. The molecule has 7 heteroatoms. The summed E-state index contributed by atoms with van der Waals surface area (Å²) in [5.41, 5.74) is -1.31. The van der Waals surface area contributed by atoms with Crippen molar-refractivity contribution in [3.8, 4) is 0 Å². The van der Waals surface area contributed by atoms with Gasteiger partial charge in [-0.15, -0.1) is 11.6 Å². The van der Waals surface area contributed by atoms with Gasteiger partial charge in [0, 0.05) is 5.88 Å². The van der Waals surface area contributed by atoms with E-state index < -0.39 is 29.6 Å². The zero-order valence-corrected chi connectivity index (χ0v) is 9.60. The highest BCUT2D eigenvalue weighted by Gasteiger charge is 2.22. The molecule has 0 spiro atoms. The van der Waals surface area contributed by atoms with Crippen LogP contribution in [0.3, 0.4) is 0 Å². The van der Waals surface area contributed by atoms with E-state index in [1.807, 2.05) is 0 Å².